The minimum Gasteiger partial charge on any atom is -0.456 e. The summed E-state index contributed by atoms with van der Waals surface area (Å²) in [5.41, 5.74) is 6.07. The molecule has 1 rings (SSSR count). The van der Waals surface area contributed by atoms with Crippen molar-refractivity contribution in [2.75, 3.05) is 33.5 Å². The highest BCUT2D eigenvalue weighted by atomic mass is 127. The van der Waals surface area contributed by atoms with E-state index in [-0.39, 0.29) is 41.6 Å². The quantitative estimate of drug-likeness (QED) is 0.102. The van der Waals surface area contributed by atoms with Gasteiger partial charge in [-0.25, -0.2) is 4.79 Å². The Bertz CT molecular complexity index is 685. The fraction of sp³-hybridized carbons (Fsp3) is 0.800. The summed E-state index contributed by atoms with van der Waals surface area (Å²) < 4.78 is 23.1. The smallest absolute Gasteiger partial charge is 0.341 e. The van der Waals surface area contributed by atoms with E-state index in [0.29, 0.717) is 44.5 Å². The number of halogens is 1. The molecule has 0 radical (unpaired) electrons. The van der Waals surface area contributed by atoms with E-state index in [1.165, 1.54) is 6.20 Å². The average molecular weight is 672 g/mol. The van der Waals surface area contributed by atoms with Crippen molar-refractivity contribution in [1.29, 1.82) is 0 Å². The minimum absolute atomic E-state index is 0. The molecule has 0 amide bonds. The number of methoxy groups -OCH3 is 1. The van der Waals surface area contributed by atoms with E-state index in [2.05, 4.69) is 25.5 Å². The molecule has 1 aromatic rings. The second kappa shape index (κ2) is 27.2. The zero-order chi connectivity index (χ0) is 30.2. The molecule has 8 nitrogen and oxygen atoms in total. The van der Waals surface area contributed by atoms with E-state index in [1.54, 1.807) is 24.1 Å². The van der Waals surface area contributed by atoms with E-state index < -0.39 is 5.60 Å². The van der Waals surface area contributed by atoms with Crippen molar-refractivity contribution in [3.8, 4) is 0 Å². The van der Waals surface area contributed by atoms with Crippen LogP contribution in [0.3, 0.4) is 0 Å². The van der Waals surface area contributed by atoms with Gasteiger partial charge in [-0.3, -0.25) is 4.68 Å². The molecule has 0 spiro atoms. The van der Waals surface area contributed by atoms with Crippen LogP contribution in [-0.4, -0.2) is 66.5 Å². The van der Waals surface area contributed by atoms with E-state index in [9.17, 15) is 4.79 Å². The Hall–Kier alpha value is -1.01. The van der Waals surface area contributed by atoms with Gasteiger partial charge in [0.05, 0.1) is 43.7 Å². The Morgan fingerprint density at radius 3 is 1.92 bits per heavy atom. The molecule has 9 heteroatoms. The Balaban J connectivity index is -0.000000435. The average Bonchev–Trinajstić information content (AvgIpc) is 3.32. The van der Waals surface area contributed by atoms with Crippen LogP contribution in [0.2, 0.25) is 0 Å². The molecule has 0 aliphatic carbocycles. The van der Waals surface area contributed by atoms with Crippen LogP contribution in [0.5, 0.6) is 0 Å². The van der Waals surface area contributed by atoms with Crippen molar-refractivity contribution in [1.82, 2.24) is 9.78 Å². The Kier molecular flexibility index (Phi) is 31.3. The van der Waals surface area contributed by atoms with Gasteiger partial charge in [-0.1, -0.05) is 40.2 Å². The van der Waals surface area contributed by atoms with Gasteiger partial charge < -0.3 is 24.7 Å². The molecule has 2 unspecified atom stereocenters. The van der Waals surface area contributed by atoms with Gasteiger partial charge in [0.2, 0.25) is 0 Å². The highest BCUT2D eigenvalue weighted by molar-refractivity contribution is 14.0. The van der Waals surface area contributed by atoms with Crippen molar-refractivity contribution >= 4 is 29.9 Å². The first-order valence-electron chi connectivity index (χ1n) is 14.0. The normalized spacial score (nSPS) is 12.1. The predicted octanol–water partition coefficient (Wildman–Crippen LogP) is 7.29. The maximum absolute atomic E-state index is 12.0. The van der Waals surface area contributed by atoms with E-state index in [0.717, 1.165) is 19.3 Å². The first-order chi connectivity index (χ1) is 17.7. The zero-order valence-corrected chi connectivity index (χ0v) is 29.5. The fourth-order valence-corrected chi connectivity index (χ4v) is 2.70. The monoisotopic (exact) mass is 671 g/mol. The molecule has 2 N–H and O–H groups in total. The van der Waals surface area contributed by atoms with Crippen LogP contribution < -0.4 is 5.73 Å². The third-order valence-corrected chi connectivity index (χ3v) is 4.95. The molecule has 0 fully saturated rings. The Labute approximate surface area is 257 Å². The highest BCUT2D eigenvalue weighted by Gasteiger charge is 2.19. The van der Waals surface area contributed by atoms with E-state index in [1.807, 2.05) is 62.3 Å². The molecule has 1 aromatic heterocycles. The van der Waals surface area contributed by atoms with E-state index >= 15 is 0 Å². The summed E-state index contributed by atoms with van der Waals surface area (Å²) in [4.78, 5) is 12.0. The number of ether oxygens (including phenoxy) is 4. The number of nitrogens with zero attached hydrogens (tertiary/aromatic N) is 2. The van der Waals surface area contributed by atoms with Gasteiger partial charge in [0.1, 0.15) is 5.60 Å². The molecule has 2 atom stereocenters. The number of carbonyl (C=O) groups excluding carboxylic acids is 1. The van der Waals surface area contributed by atoms with Gasteiger partial charge in [-0.05, 0) is 67.2 Å². The Morgan fingerprint density at radius 1 is 1.03 bits per heavy atom. The molecular formula is C30H62IN3O5. The number of rotatable bonds is 13. The van der Waals surface area contributed by atoms with Crippen molar-refractivity contribution in [2.24, 2.45) is 11.7 Å². The molecule has 0 aromatic carbocycles. The SMILES string of the molecule is C=CC.CC.CCC(N)C(CC)CCOCCOCCn1cc(C(=O)OC(C)(C)C)cn1.COC(C)(C)C.I. The van der Waals surface area contributed by atoms with Crippen molar-refractivity contribution in [2.45, 2.75) is 119 Å². The van der Waals surface area contributed by atoms with Crippen molar-refractivity contribution in [3.05, 3.63) is 30.6 Å². The lowest BCUT2D eigenvalue weighted by atomic mass is 9.93. The Morgan fingerprint density at radius 2 is 1.51 bits per heavy atom. The van der Waals surface area contributed by atoms with Crippen LogP contribution in [-0.2, 0) is 25.5 Å². The van der Waals surface area contributed by atoms with Crippen LogP contribution in [0.4, 0.5) is 0 Å². The van der Waals surface area contributed by atoms with Gasteiger partial charge >= 0.3 is 5.97 Å². The lowest BCUT2D eigenvalue weighted by molar-refractivity contribution is 0.00690. The first-order valence-corrected chi connectivity index (χ1v) is 14.0. The molecule has 0 saturated heterocycles. The largest absolute Gasteiger partial charge is 0.456 e. The molecule has 0 bridgehead atoms. The summed E-state index contributed by atoms with van der Waals surface area (Å²) in [5, 5.41) is 4.16. The molecular weight excluding hydrogens is 609 g/mol. The number of carbonyl (C=O) groups is 1. The number of hydrogen-bond acceptors (Lipinski definition) is 7. The summed E-state index contributed by atoms with van der Waals surface area (Å²) in [6, 6.07) is 0.259. The third-order valence-electron chi connectivity index (χ3n) is 4.95. The van der Waals surface area contributed by atoms with Gasteiger partial charge in [-0.2, -0.15) is 5.10 Å². The van der Waals surface area contributed by atoms with Gasteiger partial charge in [0.15, 0.2) is 0 Å². The van der Waals surface area contributed by atoms with Crippen LogP contribution in [0.15, 0.2) is 25.0 Å². The van der Waals surface area contributed by atoms with Crippen molar-refractivity contribution < 1.29 is 23.7 Å². The summed E-state index contributed by atoms with van der Waals surface area (Å²) in [7, 11) is 1.71. The summed E-state index contributed by atoms with van der Waals surface area (Å²) in [6.07, 6.45) is 8.03. The number of nitrogens with two attached hydrogens (primary N) is 1. The second-order valence-corrected chi connectivity index (χ2v) is 10.5. The molecule has 0 saturated carbocycles. The summed E-state index contributed by atoms with van der Waals surface area (Å²) >= 11 is 0. The molecule has 0 aliphatic heterocycles. The number of aromatic nitrogens is 2. The van der Waals surface area contributed by atoms with Crippen LogP contribution in [0, 0.1) is 5.92 Å². The number of allylic oxidation sites excluding steroid dienone is 1. The molecule has 0 aliphatic rings. The second-order valence-electron chi connectivity index (χ2n) is 10.5. The highest BCUT2D eigenvalue weighted by Crippen LogP contribution is 2.14. The third kappa shape index (κ3) is 29.8. The summed E-state index contributed by atoms with van der Waals surface area (Å²) in [6.45, 7) is 28.0. The standard InChI is InChI=1S/C20H37N3O4.C5H12O.C3H6.C2H6.HI/c1-6-16(18(21)7-2)8-10-25-12-13-26-11-9-23-15-17(14-22-23)19(24)27-20(3,4)5;1-5(2,3)6-4;1-3-2;1-2;/h14-16,18H,6-13,21H2,1-5H3;1-4H3;3H,1H2,2H3;1-2H3;1H. The zero-order valence-electron chi connectivity index (χ0n) is 27.2. The van der Waals surface area contributed by atoms with Crippen LogP contribution in [0.1, 0.15) is 106 Å². The lowest BCUT2D eigenvalue weighted by Crippen LogP contribution is -2.29. The molecule has 1 heterocycles. The molecule has 39 heavy (non-hydrogen) atoms. The predicted molar refractivity (Wildman–Crippen MR) is 175 cm³/mol. The topological polar surface area (TPSA) is 97.8 Å². The van der Waals surface area contributed by atoms with Crippen molar-refractivity contribution in [3.63, 3.8) is 0 Å². The van der Waals surface area contributed by atoms with E-state index in [4.69, 9.17) is 24.7 Å². The summed E-state index contributed by atoms with van der Waals surface area (Å²) in [5.74, 6) is 0.158. The fourth-order valence-electron chi connectivity index (χ4n) is 2.70. The van der Waals surface area contributed by atoms with Crippen LogP contribution in [0.25, 0.3) is 0 Å². The number of esters is 1. The maximum atomic E-state index is 12.0. The number of hydrogen-bond donors (Lipinski definition) is 1. The first kappa shape index (κ1) is 45.0. The van der Waals surface area contributed by atoms with Gasteiger partial charge in [0, 0.05) is 26.0 Å². The van der Waals surface area contributed by atoms with Gasteiger partial charge in [0.25, 0.3) is 0 Å². The van der Waals surface area contributed by atoms with Gasteiger partial charge in [-0.15, -0.1) is 30.6 Å². The van der Waals surface area contributed by atoms with Crippen LogP contribution >= 0.6 is 24.0 Å². The lowest BCUT2D eigenvalue weighted by Gasteiger charge is -2.21. The maximum Gasteiger partial charge on any atom is 0.341 e. The minimum atomic E-state index is -0.513. The molecule has 234 valence electrons.